The molecule has 0 spiro atoms. The molecule has 0 aliphatic heterocycles. The van der Waals surface area contributed by atoms with Crippen LogP contribution in [0.5, 0.6) is 0 Å². The van der Waals surface area contributed by atoms with Crippen LogP contribution in [0, 0.1) is 23.7 Å². The van der Waals surface area contributed by atoms with E-state index in [0.29, 0.717) is 9.49 Å². The van der Waals surface area contributed by atoms with Crippen molar-refractivity contribution in [3.63, 3.8) is 0 Å². The molecule has 0 nitrogen and oxygen atoms in total. The van der Waals surface area contributed by atoms with E-state index in [-0.39, 0.29) is 0 Å². The second kappa shape index (κ2) is 4.16. The molecule has 0 N–H and O–H groups in total. The van der Waals surface area contributed by atoms with Crippen molar-refractivity contribution in [2.45, 2.75) is 60.9 Å². The number of hydrogen-bond donors (Lipinski definition) is 0. The molecule has 4 bridgehead atoms. The van der Waals surface area contributed by atoms with Crippen molar-refractivity contribution < 1.29 is 0 Å². The number of hydrogen-bond acceptors (Lipinski definition) is 1. The van der Waals surface area contributed by atoms with Crippen LogP contribution in [-0.2, 0) is 0 Å². The first-order valence-corrected chi connectivity index (χ1v) is 8.95. The lowest BCUT2D eigenvalue weighted by molar-refractivity contribution is 0.397. The van der Waals surface area contributed by atoms with Crippen LogP contribution < -0.4 is 0 Å². The highest BCUT2D eigenvalue weighted by molar-refractivity contribution is 8.02. The normalized spacial score (nSPS) is 54.7. The summed E-state index contributed by atoms with van der Waals surface area (Å²) in [5.41, 5.74) is 0. The van der Waals surface area contributed by atoms with Crippen LogP contribution in [0.1, 0.15) is 51.4 Å². The van der Waals surface area contributed by atoms with Crippen molar-refractivity contribution in [1.29, 1.82) is 0 Å². The van der Waals surface area contributed by atoms with Gasteiger partial charge in [-0.25, -0.2) is 0 Å². The van der Waals surface area contributed by atoms with E-state index < -0.39 is 0 Å². The van der Waals surface area contributed by atoms with Gasteiger partial charge in [0, 0.05) is 9.49 Å². The van der Waals surface area contributed by atoms with E-state index in [9.17, 15) is 0 Å². The first kappa shape index (κ1) is 12.6. The van der Waals surface area contributed by atoms with Crippen LogP contribution in [0.4, 0.5) is 0 Å². The first-order chi connectivity index (χ1) is 9.18. The SMILES string of the molecule is C=CC1CC2(SC34CCC(C3)C(C=C)C4)CCC1C2. The molecular weight excluding hydrogens is 248 g/mol. The summed E-state index contributed by atoms with van der Waals surface area (Å²) >= 11 is 2.44. The lowest BCUT2D eigenvalue weighted by atomic mass is 9.88. The molecule has 4 fully saturated rings. The van der Waals surface area contributed by atoms with Crippen LogP contribution in [0.2, 0.25) is 0 Å². The zero-order valence-corrected chi connectivity index (χ0v) is 12.8. The highest BCUT2D eigenvalue weighted by Crippen LogP contribution is 2.67. The number of allylic oxidation sites excluding steroid dienone is 2. The Balaban J connectivity index is 1.53. The Morgan fingerprint density at radius 2 is 1.26 bits per heavy atom. The lowest BCUT2D eigenvalue weighted by Gasteiger charge is -2.38. The highest BCUT2D eigenvalue weighted by atomic mass is 32.2. The van der Waals surface area contributed by atoms with E-state index in [2.05, 4.69) is 37.1 Å². The average molecular weight is 274 g/mol. The molecule has 6 atom stereocenters. The Bertz CT molecular complexity index is 376. The monoisotopic (exact) mass is 274 g/mol. The molecule has 104 valence electrons. The quantitative estimate of drug-likeness (QED) is 0.634. The molecule has 19 heavy (non-hydrogen) atoms. The topological polar surface area (TPSA) is 0 Å². The number of fused-ring (bicyclic) bond motifs is 4. The van der Waals surface area contributed by atoms with E-state index in [1.807, 2.05) is 0 Å². The van der Waals surface area contributed by atoms with Crippen LogP contribution in [0.15, 0.2) is 25.3 Å². The molecule has 4 aliphatic rings. The second-order valence-corrected chi connectivity index (χ2v) is 9.62. The lowest BCUT2D eigenvalue weighted by Crippen LogP contribution is -2.31. The molecular formula is C18H26S. The molecule has 0 amide bonds. The van der Waals surface area contributed by atoms with Crippen LogP contribution in [0.25, 0.3) is 0 Å². The van der Waals surface area contributed by atoms with E-state index in [0.717, 1.165) is 23.7 Å². The van der Waals surface area contributed by atoms with Gasteiger partial charge in [-0.2, -0.15) is 0 Å². The summed E-state index contributed by atoms with van der Waals surface area (Å²) < 4.78 is 1.27. The van der Waals surface area contributed by atoms with Crippen molar-refractivity contribution in [1.82, 2.24) is 0 Å². The average Bonchev–Trinajstić information content (AvgIpc) is 3.14. The van der Waals surface area contributed by atoms with Crippen molar-refractivity contribution in [3.8, 4) is 0 Å². The van der Waals surface area contributed by atoms with Gasteiger partial charge in [0.15, 0.2) is 0 Å². The van der Waals surface area contributed by atoms with Gasteiger partial charge in [0.05, 0.1) is 0 Å². The third kappa shape index (κ3) is 1.80. The van der Waals surface area contributed by atoms with Gasteiger partial charge in [-0.05, 0) is 75.0 Å². The Morgan fingerprint density at radius 3 is 1.63 bits per heavy atom. The minimum absolute atomic E-state index is 0.633. The summed E-state index contributed by atoms with van der Waals surface area (Å²) in [4.78, 5) is 0. The summed E-state index contributed by atoms with van der Waals surface area (Å²) in [6, 6.07) is 0. The minimum atomic E-state index is 0.633. The van der Waals surface area contributed by atoms with E-state index in [4.69, 9.17) is 0 Å². The molecule has 4 saturated carbocycles. The fraction of sp³-hybridized carbons (Fsp3) is 0.778. The highest BCUT2D eigenvalue weighted by Gasteiger charge is 2.57. The van der Waals surface area contributed by atoms with Crippen molar-refractivity contribution in [2.75, 3.05) is 0 Å². The number of thioether (sulfide) groups is 1. The van der Waals surface area contributed by atoms with Gasteiger partial charge in [0.25, 0.3) is 0 Å². The Kier molecular flexibility index (Phi) is 2.75. The molecule has 0 aromatic carbocycles. The predicted octanol–water partition coefficient (Wildman–Crippen LogP) is 5.21. The summed E-state index contributed by atoms with van der Waals surface area (Å²) in [5, 5.41) is 0. The third-order valence-corrected chi connectivity index (χ3v) is 8.62. The van der Waals surface area contributed by atoms with E-state index in [1.54, 1.807) is 0 Å². The van der Waals surface area contributed by atoms with Crippen LogP contribution >= 0.6 is 11.8 Å². The molecule has 4 rings (SSSR count). The molecule has 1 heteroatoms. The molecule has 4 aliphatic carbocycles. The van der Waals surface area contributed by atoms with Gasteiger partial charge in [-0.3, -0.25) is 0 Å². The summed E-state index contributed by atoms with van der Waals surface area (Å²) in [5.74, 6) is 3.59. The molecule has 0 aromatic heterocycles. The predicted molar refractivity (Wildman–Crippen MR) is 84.3 cm³/mol. The number of rotatable bonds is 4. The van der Waals surface area contributed by atoms with Gasteiger partial charge in [0.1, 0.15) is 0 Å². The minimum Gasteiger partial charge on any atom is -0.148 e. The summed E-state index contributed by atoms with van der Waals surface area (Å²) in [6.45, 7) is 8.15. The fourth-order valence-corrected chi connectivity index (χ4v) is 8.34. The Morgan fingerprint density at radius 1 is 0.789 bits per heavy atom. The molecule has 0 heterocycles. The van der Waals surface area contributed by atoms with Gasteiger partial charge in [0.2, 0.25) is 0 Å². The van der Waals surface area contributed by atoms with E-state index in [1.165, 1.54) is 51.4 Å². The fourth-order valence-electron chi connectivity index (χ4n) is 5.83. The molecule has 0 radical (unpaired) electrons. The van der Waals surface area contributed by atoms with Crippen molar-refractivity contribution in [3.05, 3.63) is 25.3 Å². The van der Waals surface area contributed by atoms with Crippen molar-refractivity contribution >= 4 is 11.8 Å². The maximum absolute atomic E-state index is 4.07. The van der Waals surface area contributed by atoms with Crippen LogP contribution in [-0.4, -0.2) is 9.49 Å². The Labute approximate surface area is 122 Å². The molecule has 6 unspecified atom stereocenters. The zero-order chi connectivity index (χ0) is 13.1. The summed E-state index contributed by atoms with van der Waals surface area (Å²) in [7, 11) is 0. The standard InChI is InChI=1S/C18H26S/c1-3-13-9-17(7-5-15(13)11-17)19-18-8-6-16(12-18)14(4-2)10-18/h3-4,13-16H,1-2,5-12H2. The third-order valence-electron chi connectivity index (χ3n) is 6.67. The van der Waals surface area contributed by atoms with E-state index >= 15 is 0 Å². The van der Waals surface area contributed by atoms with Gasteiger partial charge >= 0.3 is 0 Å². The second-order valence-electron chi connectivity index (χ2n) is 7.68. The Hall–Kier alpha value is -0.170. The first-order valence-electron chi connectivity index (χ1n) is 8.13. The molecule has 0 aromatic rings. The maximum atomic E-state index is 4.07. The smallest absolute Gasteiger partial charge is 0.0174 e. The largest absolute Gasteiger partial charge is 0.148 e. The van der Waals surface area contributed by atoms with Gasteiger partial charge in [-0.15, -0.1) is 24.9 Å². The molecule has 0 saturated heterocycles. The maximum Gasteiger partial charge on any atom is 0.0174 e. The van der Waals surface area contributed by atoms with Crippen molar-refractivity contribution in [2.24, 2.45) is 23.7 Å². The zero-order valence-electron chi connectivity index (χ0n) is 11.9. The van der Waals surface area contributed by atoms with Gasteiger partial charge < -0.3 is 0 Å². The van der Waals surface area contributed by atoms with Crippen LogP contribution in [0.3, 0.4) is 0 Å². The summed E-state index contributed by atoms with van der Waals surface area (Å²) in [6.07, 6.45) is 16.2. The van der Waals surface area contributed by atoms with Gasteiger partial charge in [-0.1, -0.05) is 12.2 Å².